The van der Waals surface area contributed by atoms with Gasteiger partial charge in [0.15, 0.2) is 0 Å². The van der Waals surface area contributed by atoms with Crippen LogP contribution < -0.4 is 5.73 Å². The van der Waals surface area contributed by atoms with Gasteiger partial charge in [-0.3, -0.25) is 0 Å². The fourth-order valence-electron chi connectivity index (χ4n) is 1.84. The second-order valence-corrected chi connectivity index (χ2v) is 6.15. The average Bonchev–Trinajstić information content (AvgIpc) is 2.09. The fraction of sp³-hybridized carbons (Fsp3) is 1.00. The number of ether oxygens (including phenoxy) is 2. The maximum absolute atomic E-state index is 5.95. The van der Waals surface area contributed by atoms with Crippen LogP contribution in [0.25, 0.3) is 0 Å². The fourth-order valence-corrected chi connectivity index (χ4v) is 3.63. The first-order valence-corrected chi connectivity index (χ1v) is 7.00. The Morgan fingerprint density at radius 3 is 3.00 bits per heavy atom. The SMILES string of the molecule is COCOC1CCCC(N)[SiH2]CC1. The van der Waals surface area contributed by atoms with Gasteiger partial charge in [-0.15, -0.1) is 0 Å². The summed E-state index contributed by atoms with van der Waals surface area (Å²) >= 11 is 0. The highest BCUT2D eigenvalue weighted by Gasteiger charge is 2.14. The lowest BCUT2D eigenvalue weighted by atomic mass is 10.1. The van der Waals surface area contributed by atoms with Crippen molar-refractivity contribution in [2.24, 2.45) is 5.73 Å². The summed E-state index contributed by atoms with van der Waals surface area (Å²) in [6.07, 6.45) is 5.22. The molecule has 0 aromatic rings. The van der Waals surface area contributed by atoms with Gasteiger partial charge in [0.25, 0.3) is 0 Å². The minimum Gasteiger partial charge on any atom is -0.359 e. The van der Waals surface area contributed by atoms with Gasteiger partial charge in [0.2, 0.25) is 0 Å². The molecular weight excluding hydrogens is 182 g/mol. The van der Waals surface area contributed by atoms with Gasteiger partial charge in [-0.2, -0.15) is 0 Å². The molecule has 1 aliphatic heterocycles. The van der Waals surface area contributed by atoms with Crippen LogP contribution in [0.2, 0.25) is 6.04 Å². The summed E-state index contributed by atoms with van der Waals surface area (Å²) < 4.78 is 10.5. The number of methoxy groups -OCH3 is 1. The third-order valence-electron chi connectivity index (χ3n) is 2.62. The molecule has 0 saturated carbocycles. The number of hydrogen-bond donors (Lipinski definition) is 1. The van der Waals surface area contributed by atoms with Gasteiger partial charge in [-0.1, -0.05) is 6.04 Å². The summed E-state index contributed by atoms with van der Waals surface area (Å²) in [4.78, 5) is 0. The lowest BCUT2D eigenvalue weighted by molar-refractivity contribution is -0.0757. The molecule has 0 aromatic heterocycles. The summed E-state index contributed by atoms with van der Waals surface area (Å²) in [5.41, 5.74) is 6.50. The van der Waals surface area contributed by atoms with Crippen LogP contribution in [-0.2, 0) is 9.47 Å². The van der Waals surface area contributed by atoms with Crippen molar-refractivity contribution < 1.29 is 9.47 Å². The molecule has 1 heterocycles. The Kier molecular flexibility index (Phi) is 5.62. The summed E-state index contributed by atoms with van der Waals surface area (Å²) in [6.45, 7) is 0.443. The van der Waals surface area contributed by atoms with Crippen LogP contribution in [-0.4, -0.2) is 35.2 Å². The maximum Gasteiger partial charge on any atom is 0.146 e. The second-order valence-electron chi connectivity index (χ2n) is 3.82. The molecule has 0 aliphatic carbocycles. The van der Waals surface area contributed by atoms with Crippen molar-refractivity contribution >= 4 is 9.52 Å². The largest absolute Gasteiger partial charge is 0.359 e. The highest BCUT2D eigenvalue weighted by atomic mass is 28.2. The molecule has 1 saturated heterocycles. The highest BCUT2D eigenvalue weighted by Crippen LogP contribution is 2.15. The lowest BCUT2D eigenvalue weighted by Gasteiger charge is -2.22. The van der Waals surface area contributed by atoms with Gasteiger partial charge in [0.05, 0.1) is 6.10 Å². The third-order valence-corrected chi connectivity index (χ3v) is 4.59. The normalized spacial score (nSPS) is 32.8. The Bertz CT molecular complexity index is 125. The summed E-state index contributed by atoms with van der Waals surface area (Å²) in [5, 5.41) is 0. The topological polar surface area (TPSA) is 44.5 Å². The van der Waals surface area contributed by atoms with E-state index in [0.29, 0.717) is 18.6 Å². The van der Waals surface area contributed by atoms with Gasteiger partial charge in [0.1, 0.15) is 6.79 Å². The standard InChI is InChI=1S/C9H21NO2Si/c1-11-7-12-8-3-2-4-9(10)13-6-5-8/h8-9H,2-7,10,13H2,1H3. The van der Waals surface area contributed by atoms with E-state index in [-0.39, 0.29) is 9.52 Å². The van der Waals surface area contributed by atoms with Gasteiger partial charge < -0.3 is 15.2 Å². The molecule has 2 atom stereocenters. The van der Waals surface area contributed by atoms with Crippen molar-refractivity contribution in [3.8, 4) is 0 Å². The molecule has 1 fully saturated rings. The molecule has 0 bridgehead atoms. The van der Waals surface area contributed by atoms with Crippen molar-refractivity contribution in [3.05, 3.63) is 0 Å². The molecule has 2 N–H and O–H groups in total. The van der Waals surface area contributed by atoms with Crippen molar-refractivity contribution in [3.63, 3.8) is 0 Å². The van der Waals surface area contributed by atoms with E-state index in [1.807, 2.05) is 0 Å². The van der Waals surface area contributed by atoms with Crippen LogP contribution in [0.4, 0.5) is 0 Å². The van der Waals surface area contributed by atoms with Gasteiger partial charge >= 0.3 is 0 Å². The van der Waals surface area contributed by atoms with Gasteiger partial charge in [-0.05, 0) is 31.3 Å². The molecule has 1 rings (SSSR count). The zero-order valence-electron chi connectivity index (χ0n) is 8.50. The van der Waals surface area contributed by atoms with Crippen molar-refractivity contribution in [1.82, 2.24) is 0 Å². The van der Waals surface area contributed by atoms with Crippen LogP contribution in [0.1, 0.15) is 25.7 Å². The Morgan fingerprint density at radius 1 is 1.38 bits per heavy atom. The van der Waals surface area contributed by atoms with Gasteiger partial charge in [-0.25, -0.2) is 0 Å². The molecule has 0 spiro atoms. The molecule has 0 radical (unpaired) electrons. The minimum atomic E-state index is -0.0222. The van der Waals surface area contributed by atoms with Crippen LogP contribution in [0.5, 0.6) is 0 Å². The van der Waals surface area contributed by atoms with Gasteiger partial charge in [0, 0.05) is 16.6 Å². The van der Waals surface area contributed by atoms with Crippen molar-refractivity contribution in [2.75, 3.05) is 13.9 Å². The Hall–Kier alpha value is 0.0969. The molecular formula is C9H21NO2Si. The maximum atomic E-state index is 5.95. The lowest BCUT2D eigenvalue weighted by Crippen LogP contribution is -2.30. The first-order chi connectivity index (χ1) is 6.33. The summed E-state index contributed by atoms with van der Waals surface area (Å²) in [6, 6.07) is 1.33. The Balaban J connectivity index is 2.16. The van der Waals surface area contributed by atoms with Crippen LogP contribution in [0, 0.1) is 0 Å². The second kappa shape index (κ2) is 6.54. The predicted octanol–water partition coefficient (Wildman–Crippen LogP) is 0.421. The number of hydrogen-bond acceptors (Lipinski definition) is 3. The van der Waals surface area contributed by atoms with Crippen LogP contribution >= 0.6 is 0 Å². The molecule has 13 heavy (non-hydrogen) atoms. The van der Waals surface area contributed by atoms with Crippen molar-refractivity contribution in [1.29, 1.82) is 0 Å². The predicted molar refractivity (Wildman–Crippen MR) is 56.5 cm³/mol. The Morgan fingerprint density at radius 2 is 2.23 bits per heavy atom. The minimum absolute atomic E-state index is 0.0222. The van der Waals surface area contributed by atoms with E-state index < -0.39 is 0 Å². The quantitative estimate of drug-likeness (QED) is 0.534. The van der Waals surface area contributed by atoms with E-state index >= 15 is 0 Å². The zero-order chi connectivity index (χ0) is 9.52. The monoisotopic (exact) mass is 203 g/mol. The zero-order valence-corrected chi connectivity index (χ0v) is 9.91. The van der Waals surface area contributed by atoms with E-state index in [1.54, 1.807) is 7.11 Å². The van der Waals surface area contributed by atoms with E-state index in [2.05, 4.69) is 0 Å². The first kappa shape index (κ1) is 11.2. The smallest absolute Gasteiger partial charge is 0.146 e. The van der Waals surface area contributed by atoms with Crippen LogP contribution in [0.3, 0.4) is 0 Å². The molecule has 0 amide bonds. The van der Waals surface area contributed by atoms with E-state index in [9.17, 15) is 0 Å². The van der Waals surface area contributed by atoms with E-state index in [4.69, 9.17) is 15.2 Å². The molecule has 3 nitrogen and oxygen atoms in total. The first-order valence-electron chi connectivity index (χ1n) is 5.19. The molecule has 78 valence electrons. The average molecular weight is 203 g/mol. The van der Waals surface area contributed by atoms with E-state index in [0.717, 1.165) is 6.42 Å². The Labute approximate surface area is 82.8 Å². The number of rotatable bonds is 3. The number of nitrogens with two attached hydrogens (primary N) is 1. The van der Waals surface area contributed by atoms with E-state index in [1.165, 1.54) is 25.3 Å². The molecule has 4 heteroatoms. The third kappa shape index (κ3) is 4.76. The summed E-state index contributed by atoms with van der Waals surface area (Å²) in [7, 11) is 1.65. The molecule has 2 unspecified atom stereocenters. The molecule has 0 aromatic carbocycles. The molecule has 1 aliphatic rings. The summed E-state index contributed by atoms with van der Waals surface area (Å²) in [5.74, 6) is 0. The van der Waals surface area contributed by atoms with Crippen molar-refractivity contribution in [2.45, 2.75) is 43.5 Å². The van der Waals surface area contributed by atoms with Crippen LogP contribution in [0.15, 0.2) is 0 Å². The highest BCUT2D eigenvalue weighted by molar-refractivity contribution is 6.37.